The molecule has 726 valence electrons. The van der Waals surface area contributed by atoms with Crippen molar-refractivity contribution < 1.29 is 138 Å². The molecule has 20 N–H and O–H groups in total. The second-order valence-electron chi connectivity index (χ2n) is 30.3. The highest BCUT2D eigenvalue weighted by Gasteiger charge is 2.60. The predicted octanol–water partition coefficient (Wildman–Crippen LogP) is 2.76. The summed E-state index contributed by atoms with van der Waals surface area (Å²) >= 11 is 16.9. The van der Waals surface area contributed by atoms with Crippen molar-refractivity contribution in [3.63, 3.8) is 0 Å². The van der Waals surface area contributed by atoms with E-state index >= 15 is 26.3 Å². The first-order valence-electron chi connectivity index (χ1n) is 38.8. The number of H-pyrrole nitrogens is 3. The number of nitrogens with zero attached hydrogens (tertiary/aromatic N) is 20. The maximum atomic E-state index is 15.9. The number of ether oxygens (including phenoxy) is 3. The molecular weight excluding hydrogens is 2060 g/mol. The predicted molar refractivity (Wildman–Crippen MR) is 465 cm³/mol. The third-order valence-corrected chi connectivity index (χ3v) is 34.0. The normalized spacial score (nSPS) is 37.7. The van der Waals surface area contributed by atoms with Crippen LogP contribution in [0.2, 0.25) is 0 Å². The molecule has 6 unspecified atom stereocenters. The summed E-state index contributed by atoms with van der Waals surface area (Å²) in [5.41, 5.74) is 33.7. The summed E-state index contributed by atoms with van der Waals surface area (Å²) in [7, 11) is -15.3. The van der Waals surface area contributed by atoms with Gasteiger partial charge in [0.2, 0.25) is 17.8 Å². The van der Waals surface area contributed by atoms with Crippen molar-refractivity contribution in [2.75, 3.05) is 74.0 Å². The lowest BCUT2D eigenvalue weighted by atomic mass is 10.1. The molecule has 0 aliphatic carbocycles. The van der Waals surface area contributed by atoms with Crippen LogP contribution >= 0.6 is 91.2 Å². The molecule has 135 heavy (non-hydrogen) atoms. The maximum Gasteiger partial charge on any atom is 0.472 e. The van der Waals surface area contributed by atoms with Crippen LogP contribution in [0.15, 0.2) is 76.9 Å². The van der Waals surface area contributed by atoms with E-state index in [0.717, 1.165) is 46.3 Å². The highest BCUT2D eigenvalue weighted by molar-refractivity contribution is 8.44. The lowest BCUT2D eigenvalue weighted by molar-refractivity contribution is -0.0503. The number of phosphoric ester groups is 3. The Balaban J connectivity index is 0.000000130. The van der Waals surface area contributed by atoms with E-state index in [-0.39, 0.29) is 102 Å². The molecule has 21 rings (SSSR count). The summed E-state index contributed by atoms with van der Waals surface area (Å²) < 4.78 is 237. The molecular formula is C61H67F6N29O27P6S6. The van der Waals surface area contributed by atoms with Crippen LogP contribution in [0, 0.1) is 0 Å². The Labute approximate surface area is 772 Å². The average Bonchev–Trinajstić information content (AvgIpc) is 1.63. The van der Waals surface area contributed by atoms with Gasteiger partial charge in [-0.2, -0.15) is 19.6 Å². The molecule has 6 bridgehead atoms. The average molecular weight is 2130 g/mol. The fourth-order valence-corrected chi connectivity index (χ4v) is 27.9. The van der Waals surface area contributed by atoms with Crippen LogP contribution in [0.1, 0.15) is 34.8 Å². The van der Waals surface area contributed by atoms with Crippen LogP contribution in [-0.4, -0.2) is 284 Å². The Hall–Kier alpha value is -8.03. The SMILES string of the molecule is Nc1nc2c(ncn2[C@@H]2S[C@@H]3COP(=O)(O)O[C@H]4[C@H](F)[C@H](n5cnc6c(N)ccnc65)O[C@@H]4COP(=O)(S)O[C@@H]2[C@H]3F)c(=O)[nH]1.Nc1nc2c(ncn2[C@@H]2S[C@@H]3COP(=O)(O)O[C@H]4[C@H](F)[C@H](n5cnc6c(N)ccnc65)O[C@@H]4COP(O)(=S)O[C@@H]2[C@H]3F)c(=O)[nH]1.Nc1nc2c(ncn2[C@@H]2S[C@@H]3COP(=O)(O)O[C@H]4[C@H](F)[C@H](n5nnc6c(N)ncnc65)O[C@@H]4COP(O)(=S)O[C@@H]2[C@H]3F)c(=O)[nH]1. The molecule has 12 aromatic heterocycles. The first kappa shape index (κ1) is 95.9. The number of nitrogens with two attached hydrogens (primary N) is 6. The van der Waals surface area contributed by atoms with Crippen molar-refractivity contribution in [3.05, 3.63) is 93.6 Å². The van der Waals surface area contributed by atoms with Crippen molar-refractivity contribution in [1.29, 1.82) is 0 Å². The number of halogens is 6. The maximum absolute atomic E-state index is 15.9. The summed E-state index contributed by atoms with van der Waals surface area (Å²) in [6, 6.07) is 3.00. The molecule has 0 radical (unpaired) electrons. The third kappa shape index (κ3) is 18.7. The number of hydrogen-bond donors (Lipinski definition) is 15. The van der Waals surface area contributed by atoms with E-state index in [1.165, 1.54) is 79.0 Å². The standard InChI is InChI=1S/2C21H23F2N9O9P2S2.C19H21F2N11O9P2S2/c2*22-10-9-4-37-42(34,35)40-14-8(39-19(11(14)23)31-5-27-12-7(24)1-2-26-16(12)31)3-38-43(36,44)41-15(10)20(45-9)32-6-28-13-17(32)29-21(25)30-18(13)33;20-7-6-2-37-42(34,35)40-11-5(39-17(8(11)21)32-14-9(29-30-32)13(22)24-3-25-14)1-38-43(36,44)41-12(7)18(45-6)31-4-26-10-15(31)27-19(23)28-16(10)33/h2*1-2,5-6,8-11,14-15,19-20H,3-4H2,(H2,24,26)(H,34,35)(H,36,44)(H3,25,29,30,33);3-8,11-12,17-18H,1-2H2,(H,34,35)(H,36,44)(H2,22,24,25)(H3,23,27,28,33)/t2*8-,9-,10+,11+,14-,15-,19-,20-,43?;5-,6-,7+,8+,11-,12-,17-,18-,43?/m111/s1. The Morgan fingerprint density at radius 1 is 0.400 bits per heavy atom. The minimum atomic E-state index is -5.10. The number of aromatic nitrogens is 23. The van der Waals surface area contributed by atoms with Crippen LogP contribution in [0.5, 0.6) is 0 Å². The van der Waals surface area contributed by atoms with Crippen molar-refractivity contribution in [1.82, 2.24) is 113 Å². The van der Waals surface area contributed by atoms with Crippen molar-refractivity contribution in [2.24, 2.45) is 0 Å². The van der Waals surface area contributed by atoms with E-state index in [0.29, 0.717) is 0 Å². The zero-order valence-electron chi connectivity index (χ0n) is 66.9. The van der Waals surface area contributed by atoms with Gasteiger partial charge in [0.25, 0.3) is 16.7 Å². The molecule has 9 aliphatic rings. The third-order valence-electron chi connectivity index (χ3n) is 21.8. The van der Waals surface area contributed by atoms with E-state index in [2.05, 4.69) is 97.3 Å². The number of thiol groups is 1. The zero-order valence-corrected chi connectivity index (χ0v) is 77.3. The van der Waals surface area contributed by atoms with Crippen molar-refractivity contribution in [2.45, 2.75) is 143 Å². The number of anilines is 6. The number of rotatable bonds is 6. The number of phosphoric acid groups is 3. The first-order valence-corrected chi connectivity index (χ1v) is 54.0. The van der Waals surface area contributed by atoms with Gasteiger partial charge < -0.3 is 82.1 Å². The van der Waals surface area contributed by atoms with Gasteiger partial charge in [-0.05, 0) is 35.7 Å². The zero-order chi connectivity index (χ0) is 95.5. The van der Waals surface area contributed by atoms with E-state index in [9.17, 15) is 57.1 Å². The van der Waals surface area contributed by atoms with Gasteiger partial charge in [0, 0.05) is 12.4 Å². The largest absolute Gasteiger partial charge is 0.472 e. The molecule has 0 spiro atoms. The van der Waals surface area contributed by atoms with Crippen molar-refractivity contribution in [3.8, 4) is 0 Å². The summed E-state index contributed by atoms with van der Waals surface area (Å²) in [5.74, 6) is -0.762. The monoisotopic (exact) mass is 2130 g/mol. The minimum absolute atomic E-state index is 0.0113. The molecule has 21 heterocycles. The van der Waals surface area contributed by atoms with Gasteiger partial charge in [-0.3, -0.25) is 97.4 Å². The Morgan fingerprint density at radius 3 is 1.14 bits per heavy atom. The molecule has 30 atom stereocenters. The van der Waals surface area contributed by atoms with Gasteiger partial charge >= 0.3 is 43.7 Å². The molecule has 0 saturated carbocycles. The van der Waals surface area contributed by atoms with Crippen LogP contribution in [-0.2, 0) is 110 Å². The van der Waals surface area contributed by atoms with Gasteiger partial charge in [-0.1, -0.05) is 17.5 Å². The molecule has 9 fully saturated rings. The van der Waals surface area contributed by atoms with E-state index in [1.54, 1.807) is 0 Å². The molecule has 0 aromatic carbocycles. The van der Waals surface area contributed by atoms with Crippen LogP contribution in [0.4, 0.5) is 61.4 Å². The summed E-state index contributed by atoms with van der Waals surface area (Å²) in [4.78, 5) is 146. The van der Waals surface area contributed by atoms with Gasteiger partial charge in [-0.15, -0.1) is 40.4 Å². The molecule has 12 aromatic rings. The minimum Gasteiger partial charge on any atom is -0.397 e. The highest BCUT2D eigenvalue weighted by Crippen LogP contribution is 2.64. The van der Waals surface area contributed by atoms with Crippen LogP contribution in [0.3, 0.4) is 0 Å². The number of imidazole rings is 5. The summed E-state index contributed by atoms with van der Waals surface area (Å²) in [6.07, 6.45) is -21.7. The number of alkyl halides is 6. The van der Waals surface area contributed by atoms with Gasteiger partial charge in [0.15, 0.2) is 99.0 Å². The lowest BCUT2D eigenvalue weighted by Crippen LogP contribution is -2.34. The quantitative estimate of drug-likeness (QED) is 0.0646. The molecule has 9 aliphatic heterocycles. The highest BCUT2D eigenvalue weighted by atomic mass is 32.7. The fraction of sp³-hybridized carbons (Fsp3) is 0.492. The van der Waals surface area contributed by atoms with Gasteiger partial charge in [0.1, 0.15) is 107 Å². The topological polar surface area (TPSA) is 773 Å². The Kier molecular flexibility index (Phi) is 26.0. The molecule has 74 heteroatoms. The second-order valence-corrected chi connectivity index (χ2v) is 47.1. The van der Waals surface area contributed by atoms with E-state index in [1.807, 2.05) is 0 Å². The first-order chi connectivity index (χ1) is 63.9. The number of nitrogen functional groups attached to an aromatic ring is 6. The van der Waals surface area contributed by atoms with Crippen LogP contribution < -0.4 is 51.1 Å². The van der Waals surface area contributed by atoms with Gasteiger partial charge in [0.05, 0.1) is 98.4 Å². The van der Waals surface area contributed by atoms with Crippen molar-refractivity contribution >= 4 is 217 Å². The van der Waals surface area contributed by atoms with E-state index < -0.39 is 243 Å². The number of nitrogens with one attached hydrogen (secondary N) is 3. The summed E-state index contributed by atoms with van der Waals surface area (Å²) in [5, 5.41) is 0.686. The Bertz CT molecular complexity index is 6500. The summed E-state index contributed by atoms with van der Waals surface area (Å²) in [6.45, 7) is -17.5. The number of thioether (sulfide) groups is 3. The smallest absolute Gasteiger partial charge is 0.397 e. The van der Waals surface area contributed by atoms with Crippen LogP contribution in [0.25, 0.3) is 67.0 Å². The molecule has 9 saturated heterocycles. The Morgan fingerprint density at radius 2 is 0.748 bits per heavy atom. The fourth-order valence-electron chi connectivity index (χ4n) is 15.7. The molecule has 56 nitrogen and oxygen atoms in total. The van der Waals surface area contributed by atoms with E-state index in [4.69, 9.17) is 127 Å². The molecule has 0 amide bonds. The lowest BCUT2D eigenvalue weighted by Gasteiger charge is -2.27. The number of pyridine rings is 2. The number of aromatic amines is 3. The number of hydrogen-bond acceptors (Lipinski definition) is 47. The number of fused-ring (bicyclic) bond motifs is 15. The van der Waals surface area contributed by atoms with Gasteiger partial charge in [-0.25, -0.2) is 89.5 Å². The second kappa shape index (κ2) is 36.6.